The van der Waals surface area contributed by atoms with Crippen LogP contribution in [0.1, 0.15) is 51.5 Å². The lowest BCUT2D eigenvalue weighted by Crippen LogP contribution is -2.56. The number of aromatic nitrogens is 2. The number of hydrogen-bond donors (Lipinski definition) is 1. The molecule has 1 unspecified atom stereocenters. The molecule has 25 heavy (non-hydrogen) atoms. The fourth-order valence-corrected chi connectivity index (χ4v) is 4.42. The lowest BCUT2D eigenvalue weighted by Gasteiger charge is -2.40. The van der Waals surface area contributed by atoms with Gasteiger partial charge in [0.1, 0.15) is 11.2 Å². The highest BCUT2D eigenvalue weighted by atomic mass is 32.2. The highest BCUT2D eigenvalue weighted by Gasteiger charge is 2.56. The molecular formula is C18H26N4O2S. The van der Waals surface area contributed by atoms with Gasteiger partial charge in [0.15, 0.2) is 5.16 Å². The molecule has 2 aliphatic heterocycles. The molecule has 1 aromatic rings. The monoisotopic (exact) mass is 362 g/mol. The van der Waals surface area contributed by atoms with E-state index >= 15 is 0 Å². The van der Waals surface area contributed by atoms with E-state index in [0.29, 0.717) is 24.5 Å². The fourth-order valence-electron chi connectivity index (χ4n) is 4.09. The van der Waals surface area contributed by atoms with Crippen LogP contribution in [-0.2, 0) is 16.0 Å². The van der Waals surface area contributed by atoms with Gasteiger partial charge in [0.25, 0.3) is 0 Å². The van der Waals surface area contributed by atoms with Gasteiger partial charge in [-0.15, -0.1) is 0 Å². The summed E-state index contributed by atoms with van der Waals surface area (Å²) in [6, 6.07) is 0.163. The van der Waals surface area contributed by atoms with Crippen molar-refractivity contribution in [3.63, 3.8) is 0 Å². The number of carbonyl (C=O) groups excluding carboxylic acids is 2. The summed E-state index contributed by atoms with van der Waals surface area (Å²) in [5, 5.41) is 3.52. The normalized spacial score (nSPS) is 25.6. The van der Waals surface area contributed by atoms with Crippen molar-refractivity contribution >= 4 is 29.4 Å². The van der Waals surface area contributed by atoms with E-state index in [1.165, 1.54) is 11.8 Å². The van der Waals surface area contributed by atoms with Crippen LogP contribution in [-0.4, -0.2) is 40.6 Å². The predicted molar refractivity (Wildman–Crippen MR) is 98.7 cm³/mol. The van der Waals surface area contributed by atoms with Crippen molar-refractivity contribution in [3.8, 4) is 0 Å². The Balaban J connectivity index is 0.000000880. The first-order valence-corrected chi connectivity index (χ1v) is 10.4. The third kappa shape index (κ3) is 2.92. The van der Waals surface area contributed by atoms with Gasteiger partial charge in [0.05, 0.1) is 0 Å². The Hall–Kier alpha value is -1.63. The summed E-state index contributed by atoms with van der Waals surface area (Å²) in [5.74, 6) is 0.536. The van der Waals surface area contributed by atoms with Crippen LogP contribution in [0.4, 0.5) is 5.82 Å². The molecule has 1 spiro atoms. The largest absolute Gasteiger partial charge is 0.355 e. The molecule has 1 aliphatic carbocycles. The van der Waals surface area contributed by atoms with Crippen molar-refractivity contribution in [3.05, 3.63) is 11.8 Å². The lowest BCUT2D eigenvalue weighted by molar-refractivity contribution is -0.140. The van der Waals surface area contributed by atoms with E-state index in [-0.39, 0.29) is 17.9 Å². The molecule has 7 heteroatoms. The molecule has 1 N–H and O–H groups in total. The van der Waals surface area contributed by atoms with E-state index in [1.807, 2.05) is 25.0 Å². The molecule has 4 rings (SSSR count). The van der Waals surface area contributed by atoms with E-state index in [9.17, 15) is 9.59 Å². The summed E-state index contributed by atoms with van der Waals surface area (Å²) in [6.45, 7) is 4.57. The number of rotatable bonds is 2. The number of thioether (sulfide) groups is 1. The van der Waals surface area contributed by atoms with E-state index in [4.69, 9.17) is 0 Å². The van der Waals surface area contributed by atoms with Crippen LogP contribution in [0.15, 0.2) is 11.4 Å². The lowest BCUT2D eigenvalue weighted by atomic mass is 9.76. The molecule has 0 radical (unpaired) electrons. The van der Waals surface area contributed by atoms with Crippen molar-refractivity contribution in [1.82, 2.24) is 15.3 Å². The molecule has 6 nitrogen and oxygen atoms in total. The van der Waals surface area contributed by atoms with Crippen LogP contribution < -0.4 is 10.2 Å². The number of carbonyl (C=O) groups is 2. The first-order chi connectivity index (χ1) is 12.2. The average molecular weight is 362 g/mol. The van der Waals surface area contributed by atoms with Crippen LogP contribution in [0.2, 0.25) is 0 Å². The molecule has 3 heterocycles. The second-order valence-electron chi connectivity index (χ2n) is 6.58. The molecule has 2 amide bonds. The second kappa shape index (κ2) is 7.32. The van der Waals surface area contributed by atoms with Crippen molar-refractivity contribution < 1.29 is 9.59 Å². The van der Waals surface area contributed by atoms with Gasteiger partial charge in [-0.25, -0.2) is 9.97 Å². The summed E-state index contributed by atoms with van der Waals surface area (Å²) < 4.78 is 0. The molecule has 0 aromatic carbocycles. The molecule has 1 atom stereocenters. The summed E-state index contributed by atoms with van der Waals surface area (Å²) in [5.41, 5.74) is -0.0221. The maximum Gasteiger partial charge on any atom is 0.244 e. The van der Waals surface area contributed by atoms with Crippen LogP contribution in [0.5, 0.6) is 0 Å². The topological polar surface area (TPSA) is 75.2 Å². The smallest absolute Gasteiger partial charge is 0.244 e. The van der Waals surface area contributed by atoms with Gasteiger partial charge in [0, 0.05) is 30.8 Å². The maximum atomic E-state index is 13.3. The zero-order valence-electron chi connectivity index (χ0n) is 15.2. The third-order valence-corrected chi connectivity index (χ3v) is 5.87. The molecule has 1 aromatic heterocycles. The number of fused-ring (bicyclic) bond motifs is 1. The number of amides is 2. The fraction of sp³-hybridized carbons (Fsp3) is 0.667. The van der Waals surface area contributed by atoms with E-state index in [0.717, 1.165) is 37.1 Å². The minimum atomic E-state index is -0.945. The maximum absolute atomic E-state index is 13.3. The van der Waals surface area contributed by atoms with E-state index < -0.39 is 5.41 Å². The SMILES string of the molecule is CC.CSc1ncc2c(n1)N(C1CCCC1)C(=O)C1(CCNC1=O)C2. The summed E-state index contributed by atoms with van der Waals surface area (Å²) in [4.78, 5) is 36.6. The van der Waals surface area contributed by atoms with E-state index in [1.54, 1.807) is 6.20 Å². The van der Waals surface area contributed by atoms with Gasteiger partial charge in [0.2, 0.25) is 11.8 Å². The molecule has 1 saturated heterocycles. The quantitative estimate of drug-likeness (QED) is 0.497. The van der Waals surface area contributed by atoms with Gasteiger partial charge >= 0.3 is 0 Å². The van der Waals surface area contributed by atoms with Crippen LogP contribution in [0.3, 0.4) is 0 Å². The number of anilines is 1. The minimum absolute atomic E-state index is 0.0577. The first kappa shape index (κ1) is 18.2. The number of nitrogens with zero attached hydrogens (tertiary/aromatic N) is 3. The molecule has 1 saturated carbocycles. The van der Waals surface area contributed by atoms with Crippen molar-refractivity contribution in [2.45, 2.75) is 63.6 Å². The Morgan fingerprint density at radius 2 is 2.00 bits per heavy atom. The number of nitrogens with one attached hydrogen (secondary N) is 1. The Bertz CT molecular complexity index is 675. The first-order valence-electron chi connectivity index (χ1n) is 9.17. The predicted octanol–water partition coefficient (Wildman–Crippen LogP) is 2.56. The Labute approximate surface area is 153 Å². The summed E-state index contributed by atoms with van der Waals surface area (Å²) >= 11 is 1.47. The summed E-state index contributed by atoms with van der Waals surface area (Å²) in [7, 11) is 0. The molecular weight excluding hydrogens is 336 g/mol. The zero-order valence-corrected chi connectivity index (χ0v) is 16.0. The van der Waals surface area contributed by atoms with E-state index in [2.05, 4.69) is 15.3 Å². The molecule has 3 aliphatic rings. The Morgan fingerprint density at radius 3 is 2.60 bits per heavy atom. The van der Waals surface area contributed by atoms with Gasteiger partial charge in [-0.3, -0.25) is 14.5 Å². The Kier molecular flexibility index (Phi) is 5.32. The van der Waals surface area contributed by atoms with Crippen LogP contribution in [0, 0.1) is 5.41 Å². The average Bonchev–Trinajstić information content (AvgIpc) is 3.29. The van der Waals surface area contributed by atoms with Crippen molar-refractivity contribution in [1.29, 1.82) is 0 Å². The van der Waals surface area contributed by atoms with Gasteiger partial charge in [-0.05, 0) is 25.5 Å². The van der Waals surface area contributed by atoms with Crippen LogP contribution >= 0.6 is 11.8 Å². The third-order valence-electron chi connectivity index (χ3n) is 5.31. The van der Waals surface area contributed by atoms with Crippen molar-refractivity contribution in [2.24, 2.45) is 5.41 Å². The second-order valence-corrected chi connectivity index (χ2v) is 7.36. The summed E-state index contributed by atoms with van der Waals surface area (Å²) in [6.07, 6.45) is 8.95. The highest BCUT2D eigenvalue weighted by Crippen LogP contribution is 2.44. The number of hydrogen-bond acceptors (Lipinski definition) is 5. The standard InChI is InChI=1S/C16H20N4O2S.C2H6/c1-23-15-18-9-10-8-16(6-7-17-13(16)21)14(22)20(12(10)19-15)11-4-2-3-5-11;1-2/h9,11H,2-8H2,1H3,(H,17,21);1-2H3. The highest BCUT2D eigenvalue weighted by molar-refractivity contribution is 7.98. The van der Waals surface area contributed by atoms with Gasteiger partial charge in [-0.2, -0.15) is 0 Å². The zero-order chi connectivity index (χ0) is 18.0. The van der Waals surface area contributed by atoms with Crippen molar-refractivity contribution in [2.75, 3.05) is 17.7 Å². The van der Waals surface area contributed by atoms with Gasteiger partial charge < -0.3 is 5.32 Å². The Morgan fingerprint density at radius 1 is 1.28 bits per heavy atom. The molecule has 136 valence electrons. The minimum Gasteiger partial charge on any atom is -0.355 e. The van der Waals surface area contributed by atoms with Crippen LogP contribution in [0.25, 0.3) is 0 Å². The molecule has 0 bridgehead atoms. The molecule has 2 fully saturated rings. The van der Waals surface area contributed by atoms with Gasteiger partial charge in [-0.1, -0.05) is 38.5 Å².